The summed E-state index contributed by atoms with van der Waals surface area (Å²) in [4.78, 5) is 0.114. The molecule has 0 aliphatic rings. The summed E-state index contributed by atoms with van der Waals surface area (Å²) in [5.74, 6) is 0.0695. The molecule has 6 heteroatoms. The van der Waals surface area contributed by atoms with E-state index >= 15 is 0 Å². The van der Waals surface area contributed by atoms with Crippen LogP contribution in [0.15, 0.2) is 23.1 Å². The molecule has 0 heterocycles. The maximum absolute atomic E-state index is 12.0. The van der Waals surface area contributed by atoms with Gasteiger partial charge in [-0.25, -0.2) is 8.42 Å². The minimum Gasteiger partial charge on any atom is -0.317 e. The van der Waals surface area contributed by atoms with Crippen LogP contribution < -0.4 is 5.32 Å². The van der Waals surface area contributed by atoms with E-state index in [1.807, 2.05) is 6.92 Å². The number of benzene rings is 1. The molecule has 0 saturated heterocycles. The monoisotopic (exact) mass is 295 g/mol. The van der Waals surface area contributed by atoms with Crippen molar-refractivity contribution >= 4 is 33.0 Å². The number of nitrogens with one attached hydrogen (secondary N) is 1. The molecule has 0 amide bonds. The van der Waals surface area contributed by atoms with Crippen LogP contribution in [0, 0.1) is 0 Å². The summed E-state index contributed by atoms with van der Waals surface area (Å²) in [6.45, 7) is 3.48. The summed E-state index contributed by atoms with van der Waals surface area (Å²) in [6, 6.07) is 4.47. The molecule has 0 spiro atoms. The van der Waals surface area contributed by atoms with Crippen LogP contribution in [0.2, 0.25) is 10.0 Å². The standard InChI is InChI=1S/C11H15Cl2NO2S/c1-2-14-6-3-7-17(15,16)11-8-9(12)4-5-10(11)13/h4-5,8,14H,2-3,6-7H2,1H3. The fourth-order valence-electron chi connectivity index (χ4n) is 1.39. The van der Waals surface area contributed by atoms with Gasteiger partial charge in [-0.2, -0.15) is 0 Å². The molecule has 0 radical (unpaired) electrons. The Labute approximate surface area is 112 Å². The third-order valence-corrected chi connectivity index (χ3v) is 4.76. The largest absolute Gasteiger partial charge is 0.317 e. The lowest BCUT2D eigenvalue weighted by Gasteiger charge is -2.07. The van der Waals surface area contributed by atoms with Crippen LogP contribution in [0.5, 0.6) is 0 Å². The average molecular weight is 296 g/mol. The van der Waals surface area contributed by atoms with E-state index in [1.54, 1.807) is 6.07 Å². The van der Waals surface area contributed by atoms with Gasteiger partial charge in [0.25, 0.3) is 0 Å². The van der Waals surface area contributed by atoms with Crippen molar-refractivity contribution in [2.45, 2.75) is 18.2 Å². The average Bonchev–Trinajstić information content (AvgIpc) is 2.28. The zero-order valence-corrected chi connectivity index (χ0v) is 11.9. The summed E-state index contributed by atoms with van der Waals surface area (Å²) >= 11 is 11.6. The Morgan fingerprint density at radius 2 is 2.00 bits per heavy atom. The van der Waals surface area contributed by atoms with Gasteiger partial charge in [-0.1, -0.05) is 30.1 Å². The van der Waals surface area contributed by atoms with Gasteiger partial charge in [0.2, 0.25) is 0 Å². The molecule has 1 rings (SSSR count). The number of hydrogen-bond donors (Lipinski definition) is 1. The number of rotatable bonds is 6. The Kier molecular flexibility index (Phi) is 5.73. The van der Waals surface area contributed by atoms with Crippen molar-refractivity contribution in [1.82, 2.24) is 5.32 Å². The number of sulfone groups is 1. The Morgan fingerprint density at radius 3 is 2.65 bits per heavy atom. The Bertz CT molecular complexity index is 474. The van der Waals surface area contributed by atoms with Gasteiger partial charge in [-0.05, 0) is 37.7 Å². The molecule has 17 heavy (non-hydrogen) atoms. The molecule has 0 aliphatic heterocycles. The highest BCUT2D eigenvalue weighted by Crippen LogP contribution is 2.26. The van der Waals surface area contributed by atoms with E-state index in [9.17, 15) is 8.42 Å². The first-order chi connectivity index (χ1) is 7.97. The third-order valence-electron chi connectivity index (χ3n) is 2.24. The van der Waals surface area contributed by atoms with Crippen LogP contribution in [0.4, 0.5) is 0 Å². The Hall–Kier alpha value is -0.290. The van der Waals surface area contributed by atoms with Crippen LogP contribution in [0.25, 0.3) is 0 Å². The highest BCUT2D eigenvalue weighted by Gasteiger charge is 2.17. The van der Waals surface area contributed by atoms with Crippen molar-refractivity contribution in [3.63, 3.8) is 0 Å². The Balaban J connectivity index is 2.79. The molecule has 1 aromatic rings. The molecule has 3 nitrogen and oxygen atoms in total. The topological polar surface area (TPSA) is 46.2 Å². The van der Waals surface area contributed by atoms with Gasteiger partial charge in [0.05, 0.1) is 15.7 Å². The van der Waals surface area contributed by atoms with Gasteiger partial charge in [0.15, 0.2) is 9.84 Å². The zero-order chi connectivity index (χ0) is 12.9. The van der Waals surface area contributed by atoms with E-state index < -0.39 is 9.84 Å². The van der Waals surface area contributed by atoms with Crippen LogP contribution >= 0.6 is 23.2 Å². The minimum absolute atomic E-state index is 0.0695. The van der Waals surface area contributed by atoms with Crippen molar-refractivity contribution < 1.29 is 8.42 Å². The van der Waals surface area contributed by atoms with Crippen molar-refractivity contribution in [2.75, 3.05) is 18.8 Å². The van der Waals surface area contributed by atoms with Gasteiger partial charge in [-0.15, -0.1) is 0 Å². The van der Waals surface area contributed by atoms with Gasteiger partial charge in [0.1, 0.15) is 0 Å². The second-order valence-electron chi connectivity index (χ2n) is 3.60. The van der Waals surface area contributed by atoms with Gasteiger partial charge < -0.3 is 5.32 Å². The highest BCUT2D eigenvalue weighted by atomic mass is 35.5. The normalized spacial score (nSPS) is 11.7. The smallest absolute Gasteiger partial charge is 0.179 e. The van der Waals surface area contributed by atoms with E-state index in [0.29, 0.717) is 18.0 Å². The predicted molar refractivity (Wildman–Crippen MR) is 71.7 cm³/mol. The van der Waals surface area contributed by atoms with Crippen LogP contribution in [-0.4, -0.2) is 27.3 Å². The molecule has 0 saturated carbocycles. The molecule has 0 aromatic heterocycles. The van der Waals surface area contributed by atoms with Crippen LogP contribution in [-0.2, 0) is 9.84 Å². The zero-order valence-electron chi connectivity index (χ0n) is 9.54. The fraction of sp³-hybridized carbons (Fsp3) is 0.455. The molecular weight excluding hydrogens is 281 g/mol. The van der Waals surface area contributed by atoms with Crippen molar-refractivity contribution in [3.8, 4) is 0 Å². The SMILES string of the molecule is CCNCCCS(=O)(=O)c1cc(Cl)ccc1Cl. The lowest BCUT2D eigenvalue weighted by molar-refractivity contribution is 0.590. The molecular formula is C11H15Cl2NO2S. The van der Waals surface area contributed by atoms with Crippen molar-refractivity contribution in [1.29, 1.82) is 0 Å². The number of hydrogen-bond acceptors (Lipinski definition) is 3. The van der Waals surface area contributed by atoms with Crippen molar-refractivity contribution in [2.24, 2.45) is 0 Å². The molecule has 96 valence electrons. The van der Waals surface area contributed by atoms with Gasteiger partial charge in [0, 0.05) is 5.02 Å². The van der Waals surface area contributed by atoms with E-state index in [-0.39, 0.29) is 15.7 Å². The highest BCUT2D eigenvalue weighted by molar-refractivity contribution is 7.91. The molecule has 0 unspecified atom stereocenters. The second-order valence-corrected chi connectivity index (χ2v) is 6.52. The van der Waals surface area contributed by atoms with E-state index in [4.69, 9.17) is 23.2 Å². The van der Waals surface area contributed by atoms with E-state index in [2.05, 4.69) is 5.32 Å². The second kappa shape index (κ2) is 6.59. The maximum Gasteiger partial charge on any atom is 0.179 e. The predicted octanol–water partition coefficient (Wildman–Crippen LogP) is 2.77. The summed E-state index contributed by atoms with van der Waals surface area (Å²) in [6.07, 6.45) is 0.555. The quantitative estimate of drug-likeness (QED) is 0.821. The lowest BCUT2D eigenvalue weighted by Crippen LogP contribution is -2.18. The fourth-order valence-corrected chi connectivity index (χ4v) is 3.51. The molecule has 0 atom stereocenters. The van der Waals surface area contributed by atoms with E-state index in [1.165, 1.54) is 12.1 Å². The lowest BCUT2D eigenvalue weighted by atomic mass is 10.4. The Morgan fingerprint density at radius 1 is 1.29 bits per heavy atom. The van der Waals surface area contributed by atoms with Crippen LogP contribution in [0.3, 0.4) is 0 Å². The summed E-state index contributed by atoms with van der Waals surface area (Å²) in [7, 11) is -3.35. The first kappa shape index (κ1) is 14.8. The van der Waals surface area contributed by atoms with Gasteiger partial charge >= 0.3 is 0 Å². The van der Waals surface area contributed by atoms with Crippen molar-refractivity contribution in [3.05, 3.63) is 28.2 Å². The summed E-state index contributed by atoms with van der Waals surface area (Å²) < 4.78 is 24.0. The first-order valence-corrected chi connectivity index (χ1v) is 7.76. The van der Waals surface area contributed by atoms with E-state index in [0.717, 1.165) is 6.54 Å². The maximum atomic E-state index is 12.0. The molecule has 0 aliphatic carbocycles. The summed E-state index contributed by atoms with van der Waals surface area (Å²) in [5.41, 5.74) is 0. The minimum atomic E-state index is -3.35. The van der Waals surface area contributed by atoms with Gasteiger partial charge in [-0.3, -0.25) is 0 Å². The molecule has 0 fully saturated rings. The molecule has 1 N–H and O–H groups in total. The van der Waals surface area contributed by atoms with Crippen LogP contribution in [0.1, 0.15) is 13.3 Å². The number of halogens is 2. The third kappa shape index (κ3) is 4.47. The molecule has 0 bridgehead atoms. The summed E-state index contributed by atoms with van der Waals surface area (Å²) in [5, 5.41) is 3.67. The first-order valence-electron chi connectivity index (χ1n) is 5.36. The molecule has 1 aromatic carbocycles.